The molecule has 0 unspecified atom stereocenters. The van der Waals surface area contributed by atoms with Gasteiger partial charge in [-0.05, 0) is 49.4 Å². The maximum Gasteiger partial charge on any atom is 0.341 e. The van der Waals surface area contributed by atoms with Crippen LogP contribution in [0, 0.1) is 0 Å². The molecule has 1 heterocycles. The molecule has 0 fully saturated rings. The van der Waals surface area contributed by atoms with Crippen molar-refractivity contribution >= 4 is 51.4 Å². The van der Waals surface area contributed by atoms with E-state index in [1.165, 1.54) is 30.9 Å². The Balaban J connectivity index is 1.95. The van der Waals surface area contributed by atoms with E-state index in [0.29, 0.717) is 26.2 Å². The summed E-state index contributed by atoms with van der Waals surface area (Å²) in [6.45, 7) is 0. The predicted octanol–water partition coefficient (Wildman–Crippen LogP) is 5.75. The number of aryl methyl sites for hydroxylation is 1. The van der Waals surface area contributed by atoms with E-state index >= 15 is 0 Å². The van der Waals surface area contributed by atoms with Crippen LogP contribution in [-0.4, -0.2) is 19.0 Å². The Morgan fingerprint density at radius 1 is 1.08 bits per heavy atom. The number of hydrogen-bond acceptors (Lipinski definition) is 4. The second-order valence-electron chi connectivity index (χ2n) is 6.20. The summed E-state index contributed by atoms with van der Waals surface area (Å²) in [5.41, 5.74) is 1.89. The largest absolute Gasteiger partial charge is 0.465 e. The van der Waals surface area contributed by atoms with Gasteiger partial charge in [0.2, 0.25) is 0 Å². The van der Waals surface area contributed by atoms with Gasteiger partial charge in [-0.1, -0.05) is 36.0 Å². The van der Waals surface area contributed by atoms with Gasteiger partial charge in [0.1, 0.15) is 5.00 Å². The number of ether oxygens (including phenoxy) is 1. The summed E-state index contributed by atoms with van der Waals surface area (Å²) in [5.74, 6) is -0.740. The number of rotatable bonds is 3. The van der Waals surface area contributed by atoms with Crippen LogP contribution in [0.5, 0.6) is 0 Å². The Morgan fingerprint density at radius 2 is 1.81 bits per heavy atom. The zero-order valence-corrected chi connectivity index (χ0v) is 16.7. The van der Waals surface area contributed by atoms with Crippen LogP contribution in [0.4, 0.5) is 5.00 Å². The minimum absolute atomic E-state index is 0.311. The van der Waals surface area contributed by atoms with Crippen LogP contribution in [0.1, 0.15) is 56.8 Å². The highest BCUT2D eigenvalue weighted by Crippen LogP contribution is 2.38. The molecule has 138 valence electrons. The Kier molecular flexibility index (Phi) is 6.22. The quantitative estimate of drug-likeness (QED) is 0.653. The second kappa shape index (κ2) is 8.42. The zero-order valence-electron chi connectivity index (χ0n) is 14.4. The van der Waals surface area contributed by atoms with Crippen LogP contribution in [0.3, 0.4) is 0 Å². The monoisotopic (exact) mass is 411 g/mol. The molecule has 0 bridgehead atoms. The third-order valence-corrected chi connectivity index (χ3v) is 6.42. The number of amides is 1. The highest BCUT2D eigenvalue weighted by Gasteiger charge is 2.26. The molecule has 3 rings (SSSR count). The normalized spacial score (nSPS) is 14.1. The number of benzene rings is 1. The summed E-state index contributed by atoms with van der Waals surface area (Å²) < 4.78 is 4.97. The smallest absolute Gasteiger partial charge is 0.341 e. The molecule has 26 heavy (non-hydrogen) atoms. The first-order valence-electron chi connectivity index (χ1n) is 8.50. The fourth-order valence-electron chi connectivity index (χ4n) is 3.14. The van der Waals surface area contributed by atoms with Gasteiger partial charge >= 0.3 is 5.97 Å². The summed E-state index contributed by atoms with van der Waals surface area (Å²) in [5, 5.41) is 4.10. The molecule has 0 saturated heterocycles. The van der Waals surface area contributed by atoms with Crippen LogP contribution in [-0.2, 0) is 17.6 Å². The molecule has 0 radical (unpaired) electrons. The molecule has 0 saturated carbocycles. The van der Waals surface area contributed by atoms with E-state index in [1.807, 2.05) is 0 Å². The van der Waals surface area contributed by atoms with Gasteiger partial charge in [-0.3, -0.25) is 4.79 Å². The summed E-state index contributed by atoms with van der Waals surface area (Å²) >= 11 is 13.4. The number of hydrogen-bond donors (Lipinski definition) is 1. The van der Waals surface area contributed by atoms with E-state index in [9.17, 15) is 9.59 Å². The van der Waals surface area contributed by atoms with Crippen molar-refractivity contribution in [3.63, 3.8) is 0 Å². The van der Waals surface area contributed by atoms with E-state index in [2.05, 4.69) is 5.32 Å². The number of anilines is 1. The van der Waals surface area contributed by atoms with Crippen LogP contribution in [0.2, 0.25) is 10.0 Å². The highest BCUT2D eigenvalue weighted by atomic mass is 35.5. The average molecular weight is 412 g/mol. The van der Waals surface area contributed by atoms with Gasteiger partial charge in [0.25, 0.3) is 5.91 Å². The van der Waals surface area contributed by atoms with Crippen molar-refractivity contribution < 1.29 is 14.3 Å². The standard InChI is InChI=1S/C19H19Cl2NO3S/c1-25-19(24)16-12-6-4-2-3-5-7-15(12)26-18(16)22-17(23)11-8-9-13(20)14(21)10-11/h8-10H,2-7H2,1H3,(H,22,23). The number of halogens is 2. The summed E-state index contributed by atoms with van der Waals surface area (Å²) in [4.78, 5) is 26.2. The maximum atomic E-state index is 12.6. The third kappa shape index (κ3) is 4.05. The highest BCUT2D eigenvalue weighted by molar-refractivity contribution is 7.17. The molecule has 7 heteroatoms. The molecule has 1 aliphatic rings. The lowest BCUT2D eigenvalue weighted by molar-refractivity contribution is 0.0601. The minimum atomic E-state index is -0.410. The van der Waals surface area contributed by atoms with Crippen molar-refractivity contribution in [2.45, 2.75) is 38.5 Å². The lowest BCUT2D eigenvalue weighted by Crippen LogP contribution is -2.15. The van der Waals surface area contributed by atoms with Gasteiger partial charge in [0.15, 0.2) is 0 Å². The predicted molar refractivity (Wildman–Crippen MR) is 106 cm³/mol. The molecule has 1 N–H and O–H groups in total. The number of nitrogens with one attached hydrogen (secondary N) is 1. The van der Waals surface area contributed by atoms with E-state index in [1.54, 1.807) is 12.1 Å². The third-order valence-electron chi connectivity index (χ3n) is 4.47. The summed E-state index contributed by atoms with van der Waals surface area (Å²) in [6.07, 6.45) is 6.23. The molecule has 1 aromatic carbocycles. The Morgan fingerprint density at radius 3 is 2.50 bits per heavy atom. The van der Waals surface area contributed by atoms with Crippen molar-refractivity contribution in [2.75, 3.05) is 12.4 Å². The number of carbonyl (C=O) groups excluding carboxylic acids is 2. The molecule has 0 atom stereocenters. The van der Waals surface area contributed by atoms with E-state index < -0.39 is 5.97 Å². The second-order valence-corrected chi connectivity index (χ2v) is 8.12. The Labute approximate surface area is 166 Å². The SMILES string of the molecule is COC(=O)c1c(NC(=O)c2ccc(Cl)c(Cl)c2)sc2c1CCCCCC2. The first-order valence-corrected chi connectivity index (χ1v) is 10.1. The summed E-state index contributed by atoms with van der Waals surface area (Å²) in [7, 11) is 1.36. The maximum absolute atomic E-state index is 12.6. The molecule has 4 nitrogen and oxygen atoms in total. The zero-order chi connectivity index (χ0) is 18.7. The lowest BCUT2D eigenvalue weighted by Gasteiger charge is -2.11. The Hall–Kier alpha value is -1.56. The van der Waals surface area contributed by atoms with Crippen molar-refractivity contribution in [1.82, 2.24) is 0 Å². The van der Waals surface area contributed by atoms with Crippen molar-refractivity contribution in [1.29, 1.82) is 0 Å². The molecule has 1 aromatic heterocycles. The topological polar surface area (TPSA) is 55.4 Å². The first kappa shape index (κ1) is 19.2. The number of fused-ring (bicyclic) bond motifs is 1. The first-order chi connectivity index (χ1) is 12.5. The molecule has 0 aliphatic heterocycles. The Bertz CT molecular complexity index is 848. The molecular weight excluding hydrogens is 393 g/mol. The van der Waals surface area contributed by atoms with Gasteiger partial charge in [0, 0.05) is 10.4 Å². The lowest BCUT2D eigenvalue weighted by atomic mass is 9.96. The summed E-state index contributed by atoms with van der Waals surface area (Å²) in [6, 6.07) is 4.69. The van der Waals surface area contributed by atoms with E-state index in [4.69, 9.17) is 27.9 Å². The molecular formula is C19H19Cl2NO3S. The van der Waals surface area contributed by atoms with Crippen molar-refractivity contribution in [3.05, 3.63) is 49.8 Å². The van der Waals surface area contributed by atoms with Crippen molar-refractivity contribution in [3.8, 4) is 0 Å². The number of methoxy groups -OCH3 is 1. The van der Waals surface area contributed by atoms with Gasteiger partial charge in [-0.25, -0.2) is 4.79 Å². The van der Waals surface area contributed by atoms with Gasteiger partial charge in [-0.15, -0.1) is 11.3 Å². The van der Waals surface area contributed by atoms with Gasteiger partial charge in [0.05, 0.1) is 22.7 Å². The molecule has 1 amide bonds. The molecule has 0 spiro atoms. The number of carbonyl (C=O) groups is 2. The number of esters is 1. The molecule has 2 aromatic rings. The van der Waals surface area contributed by atoms with E-state index in [-0.39, 0.29) is 5.91 Å². The van der Waals surface area contributed by atoms with Crippen LogP contribution in [0.15, 0.2) is 18.2 Å². The fourth-order valence-corrected chi connectivity index (χ4v) is 4.71. The van der Waals surface area contributed by atoms with Gasteiger partial charge in [-0.2, -0.15) is 0 Å². The van der Waals surface area contributed by atoms with Crippen molar-refractivity contribution in [2.24, 2.45) is 0 Å². The van der Waals surface area contributed by atoms with E-state index in [0.717, 1.165) is 42.5 Å². The number of thiophene rings is 1. The molecule has 1 aliphatic carbocycles. The van der Waals surface area contributed by atoms with Gasteiger partial charge < -0.3 is 10.1 Å². The minimum Gasteiger partial charge on any atom is -0.465 e. The van der Waals surface area contributed by atoms with Crippen LogP contribution < -0.4 is 5.32 Å². The average Bonchev–Trinajstić information content (AvgIpc) is 2.92. The van der Waals surface area contributed by atoms with Crippen LogP contribution >= 0.6 is 34.5 Å². The fraction of sp³-hybridized carbons (Fsp3) is 0.368. The van der Waals surface area contributed by atoms with Crippen LogP contribution in [0.25, 0.3) is 0 Å².